The predicted octanol–water partition coefficient (Wildman–Crippen LogP) is 3.38. The van der Waals surface area contributed by atoms with E-state index in [2.05, 4.69) is 33.7 Å². The van der Waals surface area contributed by atoms with Crippen LogP contribution >= 0.6 is 24.0 Å². The number of nitrogens with one attached hydrogen (secondary N) is 2. The van der Waals surface area contributed by atoms with Crippen LogP contribution in [0.15, 0.2) is 17.1 Å². The Kier molecular flexibility index (Phi) is 7.37. The van der Waals surface area contributed by atoms with Gasteiger partial charge >= 0.3 is 0 Å². The summed E-state index contributed by atoms with van der Waals surface area (Å²) in [6.07, 6.45) is 6.62. The Balaban J connectivity index is 0.00000240. The molecule has 1 aromatic carbocycles. The first-order chi connectivity index (χ1) is 13.7. The van der Waals surface area contributed by atoms with Crippen LogP contribution in [0.2, 0.25) is 0 Å². The number of aromatic hydroxyl groups is 1. The molecular weight excluding hydrogens is 479 g/mol. The van der Waals surface area contributed by atoms with E-state index in [-0.39, 0.29) is 30.0 Å². The fourth-order valence-electron chi connectivity index (χ4n) is 4.32. The molecule has 2 aromatic rings. The van der Waals surface area contributed by atoms with E-state index in [1.165, 1.54) is 24.0 Å². The highest BCUT2D eigenvalue weighted by atomic mass is 127. The predicted molar refractivity (Wildman–Crippen MR) is 125 cm³/mol. The molecule has 0 saturated heterocycles. The van der Waals surface area contributed by atoms with Crippen LogP contribution in [0, 0.1) is 6.92 Å². The second-order valence-electron chi connectivity index (χ2n) is 7.68. The fraction of sp³-hybridized carbons (Fsp3) is 0.571. The highest BCUT2D eigenvalue weighted by Gasteiger charge is 2.24. The van der Waals surface area contributed by atoms with E-state index in [1.54, 1.807) is 0 Å². The van der Waals surface area contributed by atoms with Crippen molar-refractivity contribution in [1.29, 1.82) is 0 Å². The molecule has 0 saturated carbocycles. The summed E-state index contributed by atoms with van der Waals surface area (Å²) in [6.45, 7) is 6.17. The van der Waals surface area contributed by atoms with Gasteiger partial charge in [-0.05, 0) is 69.6 Å². The van der Waals surface area contributed by atoms with Gasteiger partial charge in [0.15, 0.2) is 5.96 Å². The molecule has 1 unspecified atom stereocenters. The number of guanidine groups is 1. The molecule has 7 nitrogen and oxygen atoms in total. The lowest BCUT2D eigenvalue weighted by atomic mass is 9.88. The summed E-state index contributed by atoms with van der Waals surface area (Å²) in [7, 11) is 0. The summed E-state index contributed by atoms with van der Waals surface area (Å²) in [5.41, 5.74) is 3.62. The molecule has 2 heterocycles. The maximum absolute atomic E-state index is 10.4. The number of aromatic nitrogens is 3. The topological polar surface area (TPSA) is 87.4 Å². The number of rotatable bonds is 4. The molecule has 1 aromatic heterocycles. The monoisotopic (exact) mass is 510 g/mol. The highest BCUT2D eigenvalue weighted by molar-refractivity contribution is 14.0. The lowest BCUT2D eigenvalue weighted by Gasteiger charge is -2.25. The standard InChI is InChI=1S/C21H30N6O.HI/c1-3-22-21(25-18-9-6-12-27-20(18)24-14(2)26-27)23-13-17-16-8-5-4-7-15(16)10-11-19(17)28;/h10-11,18,28H,3-9,12-13H2,1-2H3,(H2,22,23,25);1H. The Labute approximate surface area is 189 Å². The summed E-state index contributed by atoms with van der Waals surface area (Å²) >= 11 is 0. The Bertz CT molecular complexity index is 878. The van der Waals surface area contributed by atoms with Crippen molar-refractivity contribution >= 4 is 29.9 Å². The van der Waals surface area contributed by atoms with Gasteiger partial charge in [0.2, 0.25) is 0 Å². The number of aryl methyl sites for hydroxylation is 3. The zero-order valence-corrected chi connectivity index (χ0v) is 19.6. The van der Waals surface area contributed by atoms with Gasteiger partial charge < -0.3 is 15.7 Å². The molecule has 0 spiro atoms. The minimum atomic E-state index is 0. The summed E-state index contributed by atoms with van der Waals surface area (Å²) < 4.78 is 2.00. The van der Waals surface area contributed by atoms with Crippen molar-refractivity contribution < 1.29 is 5.11 Å². The summed E-state index contributed by atoms with van der Waals surface area (Å²) in [4.78, 5) is 9.41. The summed E-state index contributed by atoms with van der Waals surface area (Å²) in [5.74, 6) is 2.91. The average Bonchev–Trinajstić information content (AvgIpc) is 3.08. The zero-order chi connectivity index (χ0) is 19.5. The van der Waals surface area contributed by atoms with Crippen LogP contribution in [0.5, 0.6) is 5.75 Å². The molecular formula is C21H31IN6O. The van der Waals surface area contributed by atoms with Crippen LogP contribution in [-0.4, -0.2) is 32.4 Å². The number of nitrogens with zero attached hydrogens (tertiary/aromatic N) is 4. The van der Waals surface area contributed by atoms with Gasteiger partial charge in [0.25, 0.3) is 0 Å². The molecule has 3 N–H and O–H groups in total. The van der Waals surface area contributed by atoms with Gasteiger partial charge in [0.05, 0.1) is 12.6 Å². The van der Waals surface area contributed by atoms with Crippen LogP contribution < -0.4 is 10.6 Å². The Morgan fingerprint density at radius 2 is 2.10 bits per heavy atom. The molecule has 0 bridgehead atoms. The van der Waals surface area contributed by atoms with Crippen molar-refractivity contribution in [3.8, 4) is 5.75 Å². The van der Waals surface area contributed by atoms with E-state index < -0.39 is 0 Å². The number of phenolic OH excluding ortho intramolecular Hbond substituents is 1. The molecule has 8 heteroatoms. The van der Waals surface area contributed by atoms with Crippen LogP contribution in [0.25, 0.3) is 0 Å². The Hall–Kier alpha value is -1.84. The Morgan fingerprint density at radius 1 is 1.28 bits per heavy atom. The van der Waals surface area contributed by atoms with Gasteiger partial charge in [-0.15, -0.1) is 24.0 Å². The van der Waals surface area contributed by atoms with Gasteiger partial charge in [0.1, 0.15) is 17.4 Å². The van der Waals surface area contributed by atoms with Crippen molar-refractivity contribution in [3.05, 3.63) is 40.5 Å². The van der Waals surface area contributed by atoms with E-state index in [9.17, 15) is 5.11 Å². The number of aliphatic imine (C=N–C) groups is 1. The third-order valence-electron chi connectivity index (χ3n) is 5.66. The lowest BCUT2D eigenvalue weighted by molar-refractivity contribution is 0.397. The van der Waals surface area contributed by atoms with Crippen molar-refractivity contribution in [2.24, 2.45) is 4.99 Å². The third-order valence-corrected chi connectivity index (χ3v) is 5.66. The highest BCUT2D eigenvalue weighted by Crippen LogP contribution is 2.31. The molecule has 4 rings (SSSR count). The molecule has 0 amide bonds. The number of hydrogen-bond acceptors (Lipinski definition) is 4. The molecule has 0 fully saturated rings. The minimum absolute atomic E-state index is 0. The maximum atomic E-state index is 10.4. The zero-order valence-electron chi connectivity index (χ0n) is 17.2. The molecule has 0 radical (unpaired) electrons. The van der Waals surface area contributed by atoms with E-state index in [0.717, 1.165) is 61.9 Å². The average molecular weight is 510 g/mol. The van der Waals surface area contributed by atoms with Crippen molar-refractivity contribution in [2.45, 2.75) is 71.5 Å². The fourth-order valence-corrected chi connectivity index (χ4v) is 4.32. The molecule has 2 aliphatic rings. The van der Waals surface area contributed by atoms with E-state index in [1.807, 2.05) is 17.7 Å². The molecule has 1 aliphatic heterocycles. The third kappa shape index (κ3) is 4.84. The normalized spacial score (nSPS) is 18.4. The summed E-state index contributed by atoms with van der Waals surface area (Å²) in [6, 6.07) is 3.99. The van der Waals surface area contributed by atoms with E-state index in [4.69, 9.17) is 4.99 Å². The number of benzene rings is 1. The minimum Gasteiger partial charge on any atom is -0.508 e. The SMILES string of the molecule is CCNC(=NCc1c(O)ccc2c1CCCC2)NC1CCCn2nc(C)nc21.I. The van der Waals surface area contributed by atoms with E-state index >= 15 is 0 Å². The second-order valence-corrected chi connectivity index (χ2v) is 7.68. The van der Waals surface area contributed by atoms with Crippen LogP contribution in [0.1, 0.15) is 67.0 Å². The number of halogens is 1. The van der Waals surface area contributed by atoms with Crippen molar-refractivity contribution in [2.75, 3.05) is 6.54 Å². The Morgan fingerprint density at radius 3 is 2.93 bits per heavy atom. The first-order valence-corrected chi connectivity index (χ1v) is 10.4. The van der Waals surface area contributed by atoms with E-state index in [0.29, 0.717) is 12.3 Å². The number of phenols is 1. The largest absolute Gasteiger partial charge is 0.508 e. The van der Waals surface area contributed by atoms with Gasteiger partial charge in [0, 0.05) is 18.7 Å². The van der Waals surface area contributed by atoms with Crippen molar-refractivity contribution in [1.82, 2.24) is 25.4 Å². The molecule has 158 valence electrons. The quantitative estimate of drug-likeness (QED) is 0.334. The molecule has 1 aliphatic carbocycles. The first kappa shape index (κ1) is 21.9. The van der Waals surface area contributed by atoms with Crippen molar-refractivity contribution in [3.63, 3.8) is 0 Å². The van der Waals surface area contributed by atoms with Crippen LogP contribution in [0.4, 0.5) is 0 Å². The number of fused-ring (bicyclic) bond motifs is 2. The first-order valence-electron chi connectivity index (χ1n) is 10.4. The maximum Gasteiger partial charge on any atom is 0.192 e. The van der Waals surface area contributed by atoms with Crippen LogP contribution in [0.3, 0.4) is 0 Å². The lowest BCUT2D eigenvalue weighted by Crippen LogP contribution is -2.41. The van der Waals surface area contributed by atoms with Gasteiger partial charge in [-0.2, -0.15) is 5.10 Å². The van der Waals surface area contributed by atoms with Gasteiger partial charge in [-0.1, -0.05) is 6.07 Å². The van der Waals surface area contributed by atoms with Gasteiger partial charge in [-0.3, -0.25) is 0 Å². The molecule has 1 atom stereocenters. The number of hydrogen-bond donors (Lipinski definition) is 3. The molecule has 29 heavy (non-hydrogen) atoms. The second kappa shape index (κ2) is 9.77. The van der Waals surface area contributed by atoms with Gasteiger partial charge in [-0.25, -0.2) is 14.7 Å². The summed E-state index contributed by atoms with van der Waals surface area (Å²) in [5, 5.41) is 21.8. The smallest absolute Gasteiger partial charge is 0.192 e. The van der Waals surface area contributed by atoms with Crippen LogP contribution in [-0.2, 0) is 25.9 Å².